The van der Waals surface area contributed by atoms with Crippen LogP contribution in [0.3, 0.4) is 0 Å². The van der Waals surface area contributed by atoms with Gasteiger partial charge in [0.2, 0.25) is 5.95 Å². The van der Waals surface area contributed by atoms with Crippen molar-refractivity contribution in [2.45, 2.75) is 32.2 Å². The second-order valence-corrected chi connectivity index (χ2v) is 4.15. The molecule has 0 aromatic carbocycles. The zero-order chi connectivity index (χ0) is 11.5. The van der Waals surface area contributed by atoms with Crippen LogP contribution < -0.4 is 5.32 Å². The molecule has 86 valence electrons. The molecule has 1 aromatic rings. The summed E-state index contributed by atoms with van der Waals surface area (Å²) < 4.78 is 0. The van der Waals surface area contributed by atoms with E-state index in [1.54, 1.807) is 0 Å². The molecule has 0 aliphatic heterocycles. The molecular weight excluding hydrogens is 208 g/mol. The quantitative estimate of drug-likeness (QED) is 0.622. The molecule has 1 aliphatic carbocycles. The number of nitrogens with one attached hydrogen (secondary N) is 1. The Labute approximate surface area is 93.3 Å². The Morgan fingerprint density at radius 1 is 1.50 bits per heavy atom. The predicted octanol–water partition coefficient (Wildman–Crippen LogP) is 1.99. The molecule has 0 radical (unpaired) electrons. The summed E-state index contributed by atoms with van der Waals surface area (Å²) in [7, 11) is 0. The lowest BCUT2D eigenvalue weighted by Gasteiger charge is -2.31. The number of rotatable bonds is 4. The molecule has 1 atom stereocenters. The molecular formula is C10H14N4O2. The molecule has 0 spiro atoms. The predicted molar refractivity (Wildman–Crippen MR) is 59.1 cm³/mol. The van der Waals surface area contributed by atoms with Crippen molar-refractivity contribution >= 4 is 11.6 Å². The van der Waals surface area contributed by atoms with Crippen LogP contribution in [0.15, 0.2) is 12.4 Å². The Morgan fingerprint density at radius 3 is 2.56 bits per heavy atom. The molecule has 6 nitrogen and oxygen atoms in total. The van der Waals surface area contributed by atoms with Gasteiger partial charge in [-0.15, -0.1) is 0 Å². The van der Waals surface area contributed by atoms with Gasteiger partial charge >= 0.3 is 5.69 Å². The van der Waals surface area contributed by atoms with Crippen molar-refractivity contribution in [2.75, 3.05) is 5.32 Å². The fourth-order valence-corrected chi connectivity index (χ4v) is 1.75. The van der Waals surface area contributed by atoms with Crippen LogP contribution >= 0.6 is 0 Å². The molecule has 6 heteroatoms. The third-order valence-corrected chi connectivity index (χ3v) is 3.06. The molecule has 0 amide bonds. The lowest BCUT2D eigenvalue weighted by Crippen LogP contribution is -2.31. The van der Waals surface area contributed by atoms with Crippen molar-refractivity contribution < 1.29 is 4.92 Å². The van der Waals surface area contributed by atoms with Crippen molar-refractivity contribution in [2.24, 2.45) is 5.92 Å². The van der Waals surface area contributed by atoms with Crippen LogP contribution in [-0.2, 0) is 0 Å². The maximum atomic E-state index is 10.4. The average molecular weight is 222 g/mol. The van der Waals surface area contributed by atoms with Crippen LogP contribution in [0, 0.1) is 16.0 Å². The van der Waals surface area contributed by atoms with Crippen LogP contribution in [-0.4, -0.2) is 20.9 Å². The van der Waals surface area contributed by atoms with Gasteiger partial charge in [-0.2, -0.15) is 0 Å². The second kappa shape index (κ2) is 4.42. The van der Waals surface area contributed by atoms with Crippen molar-refractivity contribution in [3.63, 3.8) is 0 Å². The molecule has 1 aromatic heterocycles. The fourth-order valence-electron chi connectivity index (χ4n) is 1.75. The zero-order valence-corrected chi connectivity index (χ0v) is 9.09. The summed E-state index contributed by atoms with van der Waals surface area (Å²) >= 11 is 0. The Balaban J connectivity index is 1.96. The zero-order valence-electron chi connectivity index (χ0n) is 9.09. The van der Waals surface area contributed by atoms with Gasteiger partial charge in [-0.25, -0.2) is 9.97 Å². The van der Waals surface area contributed by atoms with Crippen LogP contribution in [0.1, 0.15) is 26.2 Å². The van der Waals surface area contributed by atoms with Gasteiger partial charge < -0.3 is 5.32 Å². The normalized spacial score (nSPS) is 17.6. The minimum atomic E-state index is -0.501. The first-order chi connectivity index (χ1) is 7.66. The molecule has 1 aliphatic rings. The molecule has 1 saturated carbocycles. The molecule has 1 heterocycles. The lowest BCUT2D eigenvalue weighted by molar-refractivity contribution is -0.385. The van der Waals surface area contributed by atoms with Gasteiger partial charge in [0, 0.05) is 6.04 Å². The van der Waals surface area contributed by atoms with E-state index >= 15 is 0 Å². The Kier molecular flexibility index (Phi) is 2.98. The van der Waals surface area contributed by atoms with E-state index in [2.05, 4.69) is 22.2 Å². The van der Waals surface area contributed by atoms with E-state index in [0.717, 1.165) is 0 Å². The molecule has 0 saturated heterocycles. The summed E-state index contributed by atoms with van der Waals surface area (Å²) in [6, 6.07) is 0.329. The number of nitrogens with zero attached hydrogens (tertiary/aromatic N) is 3. The fraction of sp³-hybridized carbons (Fsp3) is 0.600. The Hall–Kier alpha value is -1.72. The van der Waals surface area contributed by atoms with Gasteiger partial charge in [-0.05, 0) is 25.7 Å². The highest BCUT2D eigenvalue weighted by Crippen LogP contribution is 2.30. The SMILES string of the molecule is CC(Nc1ncc([N+](=O)[O-])cn1)C1CCC1. The van der Waals surface area contributed by atoms with E-state index in [-0.39, 0.29) is 5.69 Å². The monoisotopic (exact) mass is 222 g/mol. The summed E-state index contributed by atoms with van der Waals surface area (Å²) in [5.74, 6) is 1.14. The van der Waals surface area contributed by atoms with Gasteiger partial charge in [-0.1, -0.05) is 6.42 Å². The summed E-state index contributed by atoms with van der Waals surface area (Å²) in [5, 5.41) is 13.6. The van der Waals surface area contributed by atoms with Crippen LogP contribution in [0.25, 0.3) is 0 Å². The first-order valence-electron chi connectivity index (χ1n) is 5.40. The average Bonchev–Trinajstić information content (AvgIpc) is 2.15. The van der Waals surface area contributed by atoms with Gasteiger partial charge in [-0.3, -0.25) is 10.1 Å². The summed E-state index contributed by atoms with van der Waals surface area (Å²) in [6.07, 6.45) is 6.21. The van der Waals surface area contributed by atoms with E-state index < -0.39 is 4.92 Å². The first-order valence-corrected chi connectivity index (χ1v) is 5.40. The van der Waals surface area contributed by atoms with Crippen LogP contribution in [0.2, 0.25) is 0 Å². The van der Waals surface area contributed by atoms with Gasteiger partial charge in [0.25, 0.3) is 0 Å². The minimum Gasteiger partial charge on any atom is -0.351 e. The van der Waals surface area contributed by atoms with Crippen molar-refractivity contribution in [3.8, 4) is 0 Å². The van der Waals surface area contributed by atoms with Gasteiger partial charge in [0.05, 0.1) is 4.92 Å². The maximum absolute atomic E-state index is 10.4. The third kappa shape index (κ3) is 2.26. The second-order valence-electron chi connectivity index (χ2n) is 4.15. The third-order valence-electron chi connectivity index (χ3n) is 3.06. The molecule has 1 unspecified atom stereocenters. The number of hydrogen-bond acceptors (Lipinski definition) is 5. The molecule has 0 bridgehead atoms. The van der Waals surface area contributed by atoms with E-state index in [9.17, 15) is 10.1 Å². The number of anilines is 1. The van der Waals surface area contributed by atoms with E-state index in [0.29, 0.717) is 17.9 Å². The van der Waals surface area contributed by atoms with Crippen molar-refractivity contribution in [1.82, 2.24) is 9.97 Å². The van der Waals surface area contributed by atoms with E-state index in [4.69, 9.17) is 0 Å². The maximum Gasteiger partial charge on any atom is 0.305 e. The van der Waals surface area contributed by atoms with Gasteiger partial charge in [0.1, 0.15) is 12.4 Å². The van der Waals surface area contributed by atoms with Crippen LogP contribution in [0.4, 0.5) is 11.6 Å². The molecule has 2 rings (SSSR count). The number of hydrogen-bond donors (Lipinski definition) is 1. The van der Waals surface area contributed by atoms with E-state index in [1.807, 2.05) is 0 Å². The summed E-state index contributed by atoms with van der Waals surface area (Å²) in [4.78, 5) is 17.7. The Bertz CT molecular complexity index is 375. The summed E-state index contributed by atoms with van der Waals surface area (Å²) in [5.41, 5.74) is -0.0816. The Morgan fingerprint density at radius 2 is 2.12 bits per heavy atom. The highest BCUT2D eigenvalue weighted by molar-refractivity contribution is 5.31. The largest absolute Gasteiger partial charge is 0.351 e. The molecule has 1 N–H and O–H groups in total. The smallest absolute Gasteiger partial charge is 0.305 e. The highest BCUT2D eigenvalue weighted by Gasteiger charge is 2.24. The van der Waals surface area contributed by atoms with Crippen LogP contribution in [0.5, 0.6) is 0 Å². The highest BCUT2D eigenvalue weighted by atomic mass is 16.6. The topological polar surface area (TPSA) is 81.0 Å². The molecule has 16 heavy (non-hydrogen) atoms. The lowest BCUT2D eigenvalue weighted by atomic mass is 9.80. The first kappa shape index (κ1) is 10.8. The van der Waals surface area contributed by atoms with Crippen molar-refractivity contribution in [1.29, 1.82) is 0 Å². The minimum absolute atomic E-state index is 0.0816. The van der Waals surface area contributed by atoms with E-state index in [1.165, 1.54) is 31.7 Å². The standard InChI is InChI=1S/C10H14N4O2/c1-7(8-3-2-4-8)13-10-11-5-9(6-12-10)14(15)16/h5-8H,2-4H2,1H3,(H,11,12,13). The summed E-state index contributed by atoms with van der Waals surface area (Å²) in [6.45, 7) is 2.09. The number of aromatic nitrogens is 2. The number of nitro groups is 1. The van der Waals surface area contributed by atoms with Crippen molar-refractivity contribution in [3.05, 3.63) is 22.5 Å². The molecule has 1 fully saturated rings. The van der Waals surface area contributed by atoms with Gasteiger partial charge in [0.15, 0.2) is 0 Å².